The van der Waals surface area contributed by atoms with Gasteiger partial charge in [0.05, 0.1) is 87.7 Å². The summed E-state index contributed by atoms with van der Waals surface area (Å²) in [7, 11) is 0. The molecule has 8 rings (SSSR count). The fraction of sp³-hybridized carbons (Fsp3) is 0.945. The lowest BCUT2D eigenvalue weighted by molar-refractivity contribution is -0.172. The Labute approximate surface area is 536 Å². The number of carbonyl (C=O) groups is 4. The van der Waals surface area contributed by atoms with Crippen molar-refractivity contribution in [1.29, 1.82) is 0 Å². The average molecular weight is 1260 g/mol. The van der Waals surface area contributed by atoms with Gasteiger partial charge in [-0.3, -0.25) is 19.2 Å². The van der Waals surface area contributed by atoms with Crippen LogP contribution in [0.4, 0.5) is 0 Å². The highest BCUT2D eigenvalue weighted by atomic mass is 16.6. The molecule has 16 heteroatoms. The van der Waals surface area contributed by atoms with Crippen molar-refractivity contribution >= 4 is 23.9 Å². The Bertz CT molecular complexity index is 2250. The number of aliphatic hydroxyl groups is 2. The molecule has 0 aromatic heterocycles. The average Bonchev–Trinajstić information content (AvgIpc) is 1.69. The van der Waals surface area contributed by atoms with E-state index in [1.54, 1.807) is 0 Å². The number of carbonyl (C=O) groups excluding carboxylic acids is 4. The lowest BCUT2D eigenvalue weighted by Crippen LogP contribution is -2.50. The zero-order valence-corrected chi connectivity index (χ0v) is 58.2. The minimum absolute atomic E-state index is 0.00396. The van der Waals surface area contributed by atoms with Gasteiger partial charge in [0.2, 0.25) is 0 Å². The first kappa shape index (κ1) is 72.4. The smallest absolute Gasteiger partial charge is 0.310 e. The summed E-state index contributed by atoms with van der Waals surface area (Å²) in [5.74, 6) is -1.58. The van der Waals surface area contributed by atoms with Crippen LogP contribution in [0.15, 0.2) is 0 Å². The molecule has 2 saturated heterocycles. The van der Waals surface area contributed by atoms with Gasteiger partial charge in [-0.15, -0.1) is 0 Å². The first-order valence-electron chi connectivity index (χ1n) is 35.4. The number of aliphatic hydroxyl groups excluding tert-OH is 2. The van der Waals surface area contributed by atoms with Crippen LogP contribution in [0.3, 0.4) is 0 Å². The third-order valence-electron chi connectivity index (χ3n) is 23.3. The second kappa shape index (κ2) is 30.5. The molecule has 8 fully saturated rings. The molecule has 6 aliphatic carbocycles. The second-order valence-electron chi connectivity index (χ2n) is 34.7. The van der Waals surface area contributed by atoms with E-state index in [0.29, 0.717) is 50.7 Å². The fourth-order valence-corrected chi connectivity index (χ4v) is 17.1. The van der Waals surface area contributed by atoms with E-state index in [9.17, 15) is 29.4 Å². The highest BCUT2D eigenvalue weighted by Crippen LogP contribution is 2.52. The van der Waals surface area contributed by atoms with E-state index in [1.807, 2.05) is 0 Å². The topological polar surface area (TPSA) is 208 Å². The van der Waals surface area contributed by atoms with E-state index in [0.717, 1.165) is 103 Å². The Morgan fingerprint density at radius 1 is 0.393 bits per heavy atom. The van der Waals surface area contributed by atoms with E-state index >= 15 is 0 Å². The highest BCUT2D eigenvalue weighted by Gasteiger charge is 2.51. The van der Waals surface area contributed by atoms with Crippen molar-refractivity contribution in [2.24, 2.45) is 98.1 Å². The van der Waals surface area contributed by atoms with Crippen molar-refractivity contribution in [2.45, 2.75) is 287 Å². The van der Waals surface area contributed by atoms with E-state index in [1.165, 1.54) is 0 Å². The minimum atomic E-state index is -1.00. The zero-order chi connectivity index (χ0) is 65.0. The lowest BCUT2D eigenvalue weighted by Gasteiger charge is -2.50. The second-order valence-corrected chi connectivity index (χ2v) is 34.7. The maximum atomic E-state index is 14.1. The molecule has 18 unspecified atom stereocenters. The summed E-state index contributed by atoms with van der Waals surface area (Å²) in [6.07, 6.45) is 12.0. The quantitative estimate of drug-likeness (QED) is 0.0523. The van der Waals surface area contributed by atoms with Crippen LogP contribution >= 0.6 is 0 Å². The van der Waals surface area contributed by atoms with Gasteiger partial charge in [-0.25, -0.2) is 0 Å². The number of ether oxygens (including phenoxy) is 10. The summed E-state index contributed by atoms with van der Waals surface area (Å²) in [5.41, 5.74) is -0.0721. The molecule has 0 aromatic carbocycles. The first-order valence-corrected chi connectivity index (χ1v) is 35.4. The molecule has 6 saturated carbocycles. The van der Waals surface area contributed by atoms with Crippen LogP contribution in [-0.2, 0) is 66.5 Å². The summed E-state index contributed by atoms with van der Waals surface area (Å²) in [6, 6.07) is 0. The summed E-state index contributed by atoms with van der Waals surface area (Å²) in [6.45, 7) is 38.4. The molecule has 2 heterocycles. The van der Waals surface area contributed by atoms with Crippen molar-refractivity contribution in [3.05, 3.63) is 0 Å². The molecule has 0 radical (unpaired) electrons. The van der Waals surface area contributed by atoms with Crippen LogP contribution in [0.2, 0.25) is 0 Å². The van der Waals surface area contributed by atoms with E-state index in [4.69, 9.17) is 47.4 Å². The maximum absolute atomic E-state index is 14.1. The number of hydrogen-bond donors (Lipinski definition) is 2. The van der Waals surface area contributed by atoms with E-state index < -0.39 is 47.8 Å². The summed E-state index contributed by atoms with van der Waals surface area (Å²) in [4.78, 5) is 55.8. The van der Waals surface area contributed by atoms with E-state index in [-0.39, 0.29) is 150 Å². The third kappa shape index (κ3) is 20.3. The molecular formula is C73H124O16. The number of hydrogen-bond acceptors (Lipinski definition) is 16. The molecule has 0 bridgehead atoms. The molecule has 2 aliphatic heterocycles. The number of epoxide rings is 2. The Hall–Kier alpha value is -2.44. The molecule has 8 aliphatic rings. The monoisotopic (exact) mass is 1260 g/mol. The number of esters is 4. The number of rotatable bonds is 24. The minimum Gasteiger partial charge on any atom is -0.463 e. The van der Waals surface area contributed by atoms with Gasteiger partial charge in [-0.1, -0.05) is 111 Å². The van der Waals surface area contributed by atoms with Gasteiger partial charge < -0.3 is 57.6 Å². The Balaban J connectivity index is 0.746. The molecule has 0 spiro atoms. The SMILES string of the molecule is CC1CCC(C(=O)OC2CCC(C(C)(C)C3CCC(OC(=O)C4CC(C)CCC4C(=O)OCC(O)COC4CC(C(C)(C)C)C(OCC5CO5)CC4C(C)(C)C)CC3)CC2)C(C(=O)OCC(O)COC2CC(C(C)(C)C)C(OCC3CO3)CC2C(C)(C)C)C1. The molecule has 18 atom stereocenters. The molecule has 0 aromatic rings. The van der Waals surface area contributed by atoms with Gasteiger partial charge in [-0.05, 0) is 190 Å². The first-order chi connectivity index (χ1) is 41.6. The van der Waals surface area contributed by atoms with Crippen molar-refractivity contribution in [3.63, 3.8) is 0 Å². The largest absolute Gasteiger partial charge is 0.463 e. The van der Waals surface area contributed by atoms with Crippen molar-refractivity contribution < 1.29 is 76.8 Å². The molecule has 512 valence electrons. The van der Waals surface area contributed by atoms with Crippen molar-refractivity contribution in [2.75, 3.05) is 52.9 Å². The Morgan fingerprint density at radius 3 is 1.03 bits per heavy atom. The van der Waals surface area contributed by atoms with Crippen LogP contribution < -0.4 is 0 Å². The van der Waals surface area contributed by atoms with Crippen molar-refractivity contribution in [1.82, 2.24) is 0 Å². The van der Waals surface area contributed by atoms with Crippen LogP contribution in [0.25, 0.3) is 0 Å². The molecule has 2 N–H and O–H groups in total. The highest BCUT2D eigenvalue weighted by molar-refractivity contribution is 5.83. The predicted molar refractivity (Wildman–Crippen MR) is 340 cm³/mol. The van der Waals surface area contributed by atoms with Gasteiger partial charge in [0.25, 0.3) is 0 Å². The van der Waals surface area contributed by atoms with Gasteiger partial charge >= 0.3 is 23.9 Å². The van der Waals surface area contributed by atoms with Crippen LogP contribution in [0, 0.1) is 98.1 Å². The fourth-order valence-electron chi connectivity index (χ4n) is 17.1. The summed E-state index contributed by atoms with van der Waals surface area (Å²) >= 11 is 0. The Kier molecular flexibility index (Phi) is 24.8. The van der Waals surface area contributed by atoms with E-state index in [2.05, 4.69) is 111 Å². The summed E-state index contributed by atoms with van der Waals surface area (Å²) in [5, 5.41) is 22.4. The zero-order valence-electron chi connectivity index (χ0n) is 58.2. The molecular weight excluding hydrogens is 1130 g/mol. The van der Waals surface area contributed by atoms with Crippen molar-refractivity contribution in [3.8, 4) is 0 Å². The van der Waals surface area contributed by atoms with Gasteiger partial charge in [0.1, 0.15) is 49.8 Å². The summed E-state index contributed by atoms with van der Waals surface area (Å²) < 4.78 is 61.2. The normalized spacial score (nSPS) is 37.3. The van der Waals surface area contributed by atoms with Gasteiger partial charge in [-0.2, -0.15) is 0 Å². The third-order valence-corrected chi connectivity index (χ3v) is 23.3. The van der Waals surface area contributed by atoms with Crippen LogP contribution in [0.1, 0.15) is 226 Å². The lowest BCUT2D eigenvalue weighted by atomic mass is 9.60. The van der Waals surface area contributed by atoms with Gasteiger partial charge in [0.15, 0.2) is 0 Å². The molecule has 89 heavy (non-hydrogen) atoms. The van der Waals surface area contributed by atoms with Crippen LogP contribution in [0.5, 0.6) is 0 Å². The van der Waals surface area contributed by atoms with Gasteiger partial charge in [0, 0.05) is 0 Å². The maximum Gasteiger partial charge on any atom is 0.310 e. The predicted octanol–water partition coefficient (Wildman–Crippen LogP) is 12.7. The molecule has 16 nitrogen and oxygen atoms in total. The standard InChI is InChI=1S/C73H124O16/c1-43-18-28-54(55(29-43)66(77)87-38-48(75)36-83-62-32-60(72(12,13)14)64(85-42-52-40-81-52)34-58(62)70(6,7)8)67(78)88-49-23-19-45(20-24-49)73(15,16)46-21-25-50(26-22-46)89-68(79)56-30-44(2)17-27-53(56)65(76)86-37-47(74)35-82-61-31-59(71(9,10)11)63(84-41-51-39-80-51)33-57(61)69(3,4)5/h43-64,74-75H,17-42H2,1-16H3. The Morgan fingerprint density at radius 2 is 0.697 bits per heavy atom. The van der Waals surface area contributed by atoms with Crippen LogP contribution in [-0.4, -0.2) is 148 Å². The molecule has 0 amide bonds.